The first-order chi connectivity index (χ1) is 9.74. The van der Waals surface area contributed by atoms with Gasteiger partial charge in [-0.3, -0.25) is 4.98 Å². The molecule has 0 atom stereocenters. The third kappa shape index (κ3) is 3.82. The number of rotatable bonds is 6. The molecule has 0 aliphatic heterocycles. The number of aromatic nitrogens is 1. The van der Waals surface area contributed by atoms with Crippen LogP contribution in [0.15, 0.2) is 47.5 Å². The number of pyridine rings is 1. The van der Waals surface area contributed by atoms with Crippen molar-refractivity contribution < 1.29 is 9.47 Å². The van der Waals surface area contributed by atoms with Crippen LogP contribution in [0, 0.1) is 6.92 Å². The maximum Gasteiger partial charge on any atom is 0.183 e. The number of aryl methyl sites for hydroxylation is 1. The minimum absolute atomic E-state index is 0.299. The van der Waals surface area contributed by atoms with Gasteiger partial charge in [0.15, 0.2) is 6.29 Å². The topological polar surface area (TPSA) is 31.4 Å². The standard InChI is InChI=1S/C16H19NO2S/c1-12-5-4-10-17-15(12)11-20-14-8-6-13(7-9-14)16(18-2)19-3/h4-10,16H,11H2,1-3H3. The summed E-state index contributed by atoms with van der Waals surface area (Å²) in [4.78, 5) is 5.62. The number of nitrogens with zero attached hydrogens (tertiary/aromatic N) is 1. The highest BCUT2D eigenvalue weighted by Gasteiger charge is 2.08. The number of hydrogen-bond donors (Lipinski definition) is 0. The first-order valence-electron chi connectivity index (χ1n) is 6.43. The lowest BCUT2D eigenvalue weighted by molar-refractivity contribution is -0.106. The molecule has 1 aromatic heterocycles. The Bertz CT molecular complexity index is 538. The van der Waals surface area contributed by atoms with Crippen molar-refractivity contribution in [2.45, 2.75) is 23.9 Å². The van der Waals surface area contributed by atoms with Crippen molar-refractivity contribution in [3.63, 3.8) is 0 Å². The molecule has 2 rings (SSSR count). The average molecular weight is 289 g/mol. The number of hydrogen-bond acceptors (Lipinski definition) is 4. The van der Waals surface area contributed by atoms with Crippen LogP contribution in [0.25, 0.3) is 0 Å². The molecule has 1 aromatic carbocycles. The SMILES string of the molecule is COC(OC)c1ccc(SCc2ncccc2C)cc1. The second kappa shape index (κ2) is 7.43. The molecule has 0 N–H and O–H groups in total. The molecule has 0 saturated heterocycles. The summed E-state index contributed by atoms with van der Waals surface area (Å²) in [6.45, 7) is 2.09. The summed E-state index contributed by atoms with van der Waals surface area (Å²) in [5, 5.41) is 0. The van der Waals surface area contributed by atoms with E-state index in [0.29, 0.717) is 0 Å². The smallest absolute Gasteiger partial charge is 0.183 e. The van der Waals surface area contributed by atoms with Crippen LogP contribution in [0.5, 0.6) is 0 Å². The largest absolute Gasteiger partial charge is 0.352 e. The number of benzene rings is 1. The molecule has 0 fully saturated rings. The molecule has 20 heavy (non-hydrogen) atoms. The molecule has 0 unspecified atom stereocenters. The molecular weight excluding hydrogens is 270 g/mol. The quantitative estimate of drug-likeness (QED) is 0.595. The van der Waals surface area contributed by atoms with Crippen LogP contribution < -0.4 is 0 Å². The number of methoxy groups -OCH3 is 2. The van der Waals surface area contributed by atoms with Crippen molar-refractivity contribution in [3.8, 4) is 0 Å². The lowest BCUT2D eigenvalue weighted by Crippen LogP contribution is -2.03. The van der Waals surface area contributed by atoms with E-state index in [1.165, 1.54) is 10.5 Å². The molecule has 2 aromatic rings. The predicted molar refractivity (Wildman–Crippen MR) is 81.7 cm³/mol. The summed E-state index contributed by atoms with van der Waals surface area (Å²) in [6, 6.07) is 12.3. The van der Waals surface area contributed by atoms with Gasteiger partial charge in [-0.25, -0.2) is 0 Å². The monoisotopic (exact) mass is 289 g/mol. The van der Waals surface area contributed by atoms with Crippen LogP contribution in [-0.4, -0.2) is 19.2 Å². The van der Waals surface area contributed by atoms with Gasteiger partial charge in [0.1, 0.15) is 0 Å². The summed E-state index contributed by atoms with van der Waals surface area (Å²) < 4.78 is 10.5. The molecule has 0 aliphatic carbocycles. The van der Waals surface area contributed by atoms with Gasteiger partial charge >= 0.3 is 0 Å². The zero-order chi connectivity index (χ0) is 14.4. The van der Waals surface area contributed by atoms with Crippen molar-refractivity contribution in [1.82, 2.24) is 4.98 Å². The van der Waals surface area contributed by atoms with Gasteiger partial charge in [-0.15, -0.1) is 11.8 Å². The summed E-state index contributed by atoms with van der Waals surface area (Å²) in [5.41, 5.74) is 3.39. The fraction of sp³-hybridized carbons (Fsp3) is 0.312. The molecule has 0 radical (unpaired) electrons. The van der Waals surface area contributed by atoms with E-state index >= 15 is 0 Å². The summed E-state index contributed by atoms with van der Waals surface area (Å²) in [5.74, 6) is 0.879. The van der Waals surface area contributed by atoms with Crippen LogP contribution in [0.4, 0.5) is 0 Å². The summed E-state index contributed by atoms with van der Waals surface area (Å²) in [6.07, 6.45) is 1.54. The van der Waals surface area contributed by atoms with Crippen LogP contribution in [0.1, 0.15) is 23.1 Å². The van der Waals surface area contributed by atoms with E-state index in [1.807, 2.05) is 24.4 Å². The maximum atomic E-state index is 5.23. The molecule has 0 saturated carbocycles. The molecular formula is C16H19NO2S. The predicted octanol–water partition coefficient (Wildman–Crippen LogP) is 3.97. The van der Waals surface area contributed by atoms with Gasteiger partial charge in [0.25, 0.3) is 0 Å². The lowest BCUT2D eigenvalue weighted by Gasteiger charge is -2.13. The Morgan fingerprint density at radius 2 is 1.80 bits per heavy atom. The van der Waals surface area contributed by atoms with Gasteiger partial charge in [0.05, 0.1) is 5.69 Å². The Morgan fingerprint density at radius 1 is 1.10 bits per heavy atom. The van der Waals surface area contributed by atoms with E-state index in [2.05, 4.69) is 30.1 Å². The minimum atomic E-state index is -0.299. The van der Waals surface area contributed by atoms with Gasteiger partial charge in [0, 0.05) is 36.6 Å². The Balaban J connectivity index is 1.99. The van der Waals surface area contributed by atoms with Gasteiger partial charge in [-0.1, -0.05) is 18.2 Å². The maximum absolute atomic E-state index is 5.23. The van der Waals surface area contributed by atoms with Crippen molar-refractivity contribution in [2.24, 2.45) is 0 Å². The van der Waals surface area contributed by atoms with Crippen molar-refractivity contribution in [2.75, 3.05) is 14.2 Å². The van der Waals surface area contributed by atoms with Gasteiger partial charge < -0.3 is 9.47 Å². The third-order valence-electron chi connectivity index (χ3n) is 3.07. The third-order valence-corrected chi connectivity index (χ3v) is 4.10. The van der Waals surface area contributed by atoms with E-state index in [-0.39, 0.29) is 6.29 Å². The van der Waals surface area contributed by atoms with Crippen LogP contribution in [-0.2, 0) is 15.2 Å². The molecule has 106 valence electrons. The van der Waals surface area contributed by atoms with Crippen LogP contribution >= 0.6 is 11.8 Å². The molecule has 3 nitrogen and oxygen atoms in total. The highest BCUT2D eigenvalue weighted by Crippen LogP contribution is 2.25. The highest BCUT2D eigenvalue weighted by molar-refractivity contribution is 7.98. The van der Waals surface area contributed by atoms with E-state index in [0.717, 1.165) is 17.0 Å². The Hall–Kier alpha value is -1.36. The van der Waals surface area contributed by atoms with Crippen LogP contribution in [0.3, 0.4) is 0 Å². The van der Waals surface area contributed by atoms with Crippen LogP contribution in [0.2, 0.25) is 0 Å². The Morgan fingerprint density at radius 3 is 2.40 bits per heavy atom. The first-order valence-corrected chi connectivity index (χ1v) is 7.42. The van der Waals surface area contributed by atoms with E-state index in [9.17, 15) is 0 Å². The molecule has 0 aliphatic rings. The zero-order valence-corrected chi connectivity index (χ0v) is 12.8. The average Bonchev–Trinajstić information content (AvgIpc) is 2.49. The van der Waals surface area contributed by atoms with E-state index in [1.54, 1.807) is 26.0 Å². The lowest BCUT2D eigenvalue weighted by atomic mass is 10.2. The fourth-order valence-electron chi connectivity index (χ4n) is 1.91. The first kappa shape index (κ1) is 15.0. The van der Waals surface area contributed by atoms with Gasteiger partial charge in [0.2, 0.25) is 0 Å². The van der Waals surface area contributed by atoms with Crippen molar-refractivity contribution >= 4 is 11.8 Å². The number of ether oxygens (including phenoxy) is 2. The van der Waals surface area contributed by atoms with E-state index in [4.69, 9.17) is 9.47 Å². The highest BCUT2D eigenvalue weighted by atomic mass is 32.2. The fourth-order valence-corrected chi connectivity index (χ4v) is 2.84. The Labute approximate surface area is 124 Å². The molecule has 4 heteroatoms. The normalized spacial score (nSPS) is 11.0. The minimum Gasteiger partial charge on any atom is -0.352 e. The number of thioether (sulfide) groups is 1. The molecule has 0 amide bonds. The second-order valence-electron chi connectivity index (χ2n) is 4.43. The van der Waals surface area contributed by atoms with Gasteiger partial charge in [-0.05, 0) is 30.7 Å². The summed E-state index contributed by atoms with van der Waals surface area (Å²) >= 11 is 1.78. The second-order valence-corrected chi connectivity index (χ2v) is 5.48. The van der Waals surface area contributed by atoms with E-state index < -0.39 is 0 Å². The van der Waals surface area contributed by atoms with Gasteiger partial charge in [-0.2, -0.15) is 0 Å². The Kier molecular flexibility index (Phi) is 5.59. The zero-order valence-electron chi connectivity index (χ0n) is 12.0. The molecule has 0 spiro atoms. The summed E-state index contributed by atoms with van der Waals surface area (Å²) in [7, 11) is 3.28. The van der Waals surface area contributed by atoms with Crippen molar-refractivity contribution in [3.05, 3.63) is 59.4 Å². The molecule has 0 bridgehead atoms. The molecule has 1 heterocycles. The van der Waals surface area contributed by atoms with Crippen molar-refractivity contribution in [1.29, 1.82) is 0 Å².